The molecule has 0 aliphatic heterocycles. The fourth-order valence-corrected chi connectivity index (χ4v) is 2.76. The third-order valence-corrected chi connectivity index (χ3v) is 3.48. The second-order valence-electron chi connectivity index (χ2n) is 3.84. The lowest BCUT2D eigenvalue weighted by atomic mass is 10.2. The first kappa shape index (κ1) is 14.4. The van der Waals surface area contributed by atoms with Gasteiger partial charge in [-0.05, 0) is 45.8 Å². The van der Waals surface area contributed by atoms with Crippen LogP contribution >= 0.6 is 39.1 Å². The van der Waals surface area contributed by atoms with Crippen molar-refractivity contribution in [2.45, 2.75) is 6.61 Å². The number of hydrogen-bond donors (Lipinski definition) is 0. The Balaban J connectivity index is 2.22. The molecule has 0 saturated carbocycles. The van der Waals surface area contributed by atoms with Crippen LogP contribution in [0.3, 0.4) is 0 Å². The van der Waals surface area contributed by atoms with Gasteiger partial charge in [0, 0.05) is 10.0 Å². The van der Waals surface area contributed by atoms with Crippen LogP contribution in [0.2, 0.25) is 10.0 Å². The molecule has 0 fully saturated rings. The van der Waals surface area contributed by atoms with Gasteiger partial charge in [-0.2, -0.15) is 0 Å². The fourth-order valence-electron chi connectivity index (χ4n) is 1.60. The van der Waals surface area contributed by atoms with E-state index in [0.717, 1.165) is 5.56 Å². The second-order valence-corrected chi connectivity index (χ2v) is 5.57. The van der Waals surface area contributed by atoms with Gasteiger partial charge in [-0.25, -0.2) is 0 Å². The van der Waals surface area contributed by atoms with Crippen molar-refractivity contribution in [3.63, 3.8) is 0 Å². The van der Waals surface area contributed by atoms with E-state index in [1.165, 1.54) is 0 Å². The van der Waals surface area contributed by atoms with E-state index in [2.05, 4.69) is 15.9 Å². The average molecular weight is 360 g/mol. The molecule has 0 saturated heterocycles. The Labute approximate surface area is 129 Å². The summed E-state index contributed by atoms with van der Waals surface area (Å²) < 4.78 is 6.30. The lowest BCUT2D eigenvalue weighted by Gasteiger charge is -2.11. The first-order chi connectivity index (χ1) is 9.10. The van der Waals surface area contributed by atoms with Gasteiger partial charge in [0.15, 0.2) is 6.29 Å². The van der Waals surface area contributed by atoms with Crippen molar-refractivity contribution in [3.8, 4) is 5.75 Å². The van der Waals surface area contributed by atoms with E-state index in [-0.39, 0.29) is 0 Å². The Morgan fingerprint density at radius 3 is 2.63 bits per heavy atom. The van der Waals surface area contributed by atoms with E-state index in [1.54, 1.807) is 18.2 Å². The van der Waals surface area contributed by atoms with Crippen LogP contribution < -0.4 is 4.74 Å². The largest absolute Gasteiger partial charge is 0.487 e. The highest BCUT2D eigenvalue weighted by molar-refractivity contribution is 9.10. The summed E-state index contributed by atoms with van der Waals surface area (Å²) in [6, 6.07) is 10.6. The molecule has 2 aromatic carbocycles. The molecule has 0 spiro atoms. The van der Waals surface area contributed by atoms with E-state index >= 15 is 0 Å². The summed E-state index contributed by atoms with van der Waals surface area (Å²) in [5, 5.41) is 1.12. The first-order valence-corrected chi connectivity index (χ1v) is 6.96. The zero-order chi connectivity index (χ0) is 13.8. The summed E-state index contributed by atoms with van der Waals surface area (Å²) in [4.78, 5) is 11.0. The van der Waals surface area contributed by atoms with Crippen LogP contribution in [-0.2, 0) is 6.61 Å². The predicted molar refractivity (Wildman–Crippen MR) is 80.3 cm³/mol. The molecule has 2 nitrogen and oxygen atoms in total. The zero-order valence-corrected chi connectivity index (χ0v) is 12.8. The van der Waals surface area contributed by atoms with Crippen molar-refractivity contribution < 1.29 is 9.53 Å². The van der Waals surface area contributed by atoms with Gasteiger partial charge in [-0.15, -0.1) is 0 Å². The molecule has 5 heteroatoms. The van der Waals surface area contributed by atoms with E-state index in [4.69, 9.17) is 27.9 Å². The van der Waals surface area contributed by atoms with E-state index in [1.807, 2.05) is 18.2 Å². The van der Waals surface area contributed by atoms with Gasteiger partial charge in [0.05, 0.1) is 10.0 Å². The third-order valence-electron chi connectivity index (χ3n) is 2.44. The zero-order valence-electron chi connectivity index (χ0n) is 9.70. The van der Waals surface area contributed by atoms with Crippen LogP contribution in [0, 0.1) is 0 Å². The number of benzene rings is 2. The van der Waals surface area contributed by atoms with Gasteiger partial charge in [0.2, 0.25) is 0 Å². The minimum Gasteiger partial charge on any atom is -0.487 e. The van der Waals surface area contributed by atoms with E-state index in [9.17, 15) is 4.79 Å². The molecule has 0 amide bonds. The van der Waals surface area contributed by atoms with Gasteiger partial charge >= 0.3 is 0 Å². The number of rotatable bonds is 4. The van der Waals surface area contributed by atoms with Crippen LogP contribution in [0.4, 0.5) is 0 Å². The fraction of sp³-hybridized carbons (Fsp3) is 0.0714. The molecule has 0 unspecified atom stereocenters. The van der Waals surface area contributed by atoms with Crippen molar-refractivity contribution >= 4 is 45.4 Å². The lowest BCUT2D eigenvalue weighted by Crippen LogP contribution is -1.99. The number of carbonyl (C=O) groups is 1. The molecule has 0 aliphatic carbocycles. The topological polar surface area (TPSA) is 26.3 Å². The van der Waals surface area contributed by atoms with Crippen LogP contribution in [0.5, 0.6) is 5.75 Å². The van der Waals surface area contributed by atoms with E-state index < -0.39 is 0 Å². The van der Waals surface area contributed by atoms with Crippen molar-refractivity contribution in [1.29, 1.82) is 0 Å². The average Bonchev–Trinajstić information content (AvgIpc) is 2.37. The number of ether oxygens (including phenoxy) is 1. The van der Waals surface area contributed by atoms with Crippen LogP contribution in [-0.4, -0.2) is 6.29 Å². The smallest absolute Gasteiger partial charge is 0.153 e. The second kappa shape index (κ2) is 6.42. The minimum absolute atomic E-state index is 0.321. The summed E-state index contributed by atoms with van der Waals surface area (Å²) in [5.74, 6) is 0.472. The van der Waals surface area contributed by atoms with Crippen LogP contribution in [0.1, 0.15) is 15.9 Å². The van der Waals surface area contributed by atoms with Crippen LogP contribution in [0.15, 0.2) is 40.9 Å². The van der Waals surface area contributed by atoms with Gasteiger partial charge in [0.1, 0.15) is 12.4 Å². The number of hydrogen-bond acceptors (Lipinski definition) is 2. The summed E-state index contributed by atoms with van der Waals surface area (Å²) in [6.45, 7) is 0.321. The molecule has 0 heterocycles. The van der Waals surface area contributed by atoms with Crippen molar-refractivity contribution in [2.75, 3.05) is 0 Å². The maximum absolute atomic E-state index is 11.0. The van der Waals surface area contributed by atoms with Gasteiger partial charge in [0.25, 0.3) is 0 Å². The number of aldehydes is 1. The highest BCUT2D eigenvalue weighted by Crippen LogP contribution is 2.32. The summed E-state index contributed by atoms with van der Waals surface area (Å²) >= 11 is 15.1. The van der Waals surface area contributed by atoms with Gasteiger partial charge in [-0.1, -0.05) is 35.3 Å². The number of carbonyl (C=O) groups excluding carboxylic acids is 1. The quantitative estimate of drug-likeness (QED) is 0.706. The number of halogens is 3. The molecular weight excluding hydrogens is 351 g/mol. The standard InChI is InChI=1S/C14H9BrCl2O2/c15-13-6-12(17)5-10(7-18)14(13)19-8-9-2-1-3-11(16)4-9/h1-7H,8H2. The predicted octanol–water partition coefficient (Wildman–Crippen LogP) is 5.15. The summed E-state index contributed by atoms with van der Waals surface area (Å²) in [7, 11) is 0. The molecule has 0 atom stereocenters. The van der Waals surface area contributed by atoms with Crippen LogP contribution in [0.25, 0.3) is 0 Å². The summed E-state index contributed by atoms with van der Waals surface area (Å²) in [5.41, 5.74) is 1.33. The molecule has 0 N–H and O–H groups in total. The lowest BCUT2D eigenvalue weighted by molar-refractivity contribution is 0.111. The van der Waals surface area contributed by atoms with Crippen molar-refractivity contribution in [3.05, 3.63) is 62.0 Å². The maximum Gasteiger partial charge on any atom is 0.153 e. The highest BCUT2D eigenvalue weighted by atomic mass is 79.9. The Morgan fingerprint density at radius 2 is 1.95 bits per heavy atom. The maximum atomic E-state index is 11.0. The first-order valence-electron chi connectivity index (χ1n) is 5.41. The molecule has 0 bridgehead atoms. The molecule has 0 aliphatic rings. The molecule has 2 rings (SSSR count). The summed E-state index contributed by atoms with van der Waals surface area (Å²) in [6.07, 6.45) is 0.712. The van der Waals surface area contributed by atoms with Crippen molar-refractivity contribution in [2.24, 2.45) is 0 Å². The van der Waals surface area contributed by atoms with Crippen molar-refractivity contribution in [1.82, 2.24) is 0 Å². The molecule has 0 aromatic heterocycles. The SMILES string of the molecule is O=Cc1cc(Cl)cc(Br)c1OCc1cccc(Cl)c1. The van der Waals surface area contributed by atoms with Gasteiger partial charge in [-0.3, -0.25) is 4.79 Å². The highest BCUT2D eigenvalue weighted by Gasteiger charge is 2.10. The third kappa shape index (κ3) is 3.72. The van der Waals surface area contributed by atoms with Gasteiger partial charge < -0.3 is 4.74 Å². The Bertz CT molecular complexity index is 614. The normalized spacial score (nSPS) is 10.3. The monoisotopic (exact) mass is 358 g/mol. The Kier molecular flexibility index (Phi) is 4.86. The Hall–Kier alpha value is -1.03. The molecular formula is C14H9BrCl2O2. The Morgan fingerprint density at radius 1 is 1.16 bits per heavy atom. The molecule has 2 aromatic rings. The van der Waals surface area contributed by atoms with E-state index in [0.29, 0.717) is 38.7 Å². The minimum atomic E-state index is 0.321. The molecule has 0 radical (unpaired) electrons. The molecule has 98 valence electrons. The molecule has 19 heavy (non-hydrogen) atoms.